The molecule has 0 spiro atoms. The van der Waals surface area contributed by atoms with E-state index in [1.165, 1.54) is 5.56 Å². The molecule has 0 unspecified atom stereocenters. The molecule has 5 nitrogen and oxygen atoms in total. The predicted octanol–water partition coefficient (Wildman–Crippen LogP) is 2.46. The summed E-state index contributed by atoms with van der Waals surface area (Å²) in [6, 6.07) is 8.51. The van der Waals surface area contributed by atoms with E-state index in [1.807, 2.05) is 19.1 Å². The number of aryl methyl sites for hydroxylation is 1. The lowest BCUT2D eigenvalue weighted by Gasteiger charge is -2.09. The standard InChI is InChI=1S/C14H19N3O2/c1-10(2)15-8-12-4-6-13(7-5-12)18-9-14-11(3)16-19-17-14/h4-7,10,15H,8-9H2,1-3H3. The lowest BCUT2D eigenvalue weighted by atomic mass is 10.2. The molecule has 5 heteroatoms. The topological polar surface area (TPSA) is 60.2 Å². The zero-order valence-electron chi connectivity index (χ0n) is 11.5. The van der Waals surface area contributed by atoms with Gasteiger partial charge in [0, 0.05) is 12.6 Å². The van der Waals surface area contributed by atoms with Crippen molar-refractivity contribution in [2.75, 3.05) is 0 Å². The highest BCUT2D eigenvalue weighted by Gasteiger charge is 2.05. The molecule has 0 amide bonds. The third-order valence-electron chi connectivity index (χ3n) is 2.76. The summed E-state index contributed by atoms with van der Waals surface area (Å²) in [5.74, 6) is 0.815. The zero-order valence-corrected chi connectivity index (χ0v) is 11.5. The Morgan fingerprint density at radius 1 is 1.21 bits per heavy atom. The molecule has 1 aromatic heterocycles. The van der Waals surface area contributed by atoms with Gasteiger partial charge in [0.2, 0.25) is 0 Å². The molecule has 0 aliphatic rings. The second-order valence-electron chi connectivity index (χ2n) is 4.76. The van der Waals surface area contributed by atoms with Crippen molar-refractivity contribution in [3.63, 3.8) is 0 Å². The van der Waals surface area contributed by atoms with E-state index < -0.39 is 0 Å². The van der Waals surface area contributed by atoms with Crippen molar-refractivity contribution < 1.29 is 9.37 Å². The second kappa shape index (κ2) is 6.33. The van der Waals surface area contributed by atoms with Crippen molar-refractivity contribution in [1.29, 1.82) is 0 Å². The van der Waals surface area contributed by atoms with Gasteiger partial charge in [-0.3, -0.25) is 0 Å². The Morgan fingerprint density at radius 3 is 2.53 bits per heavy atom. The maximum Gasteiger partial charge on any atom is 0.145 e. The second-order valence-corrected chi connectivity index (χ2v) is 4.76. The van der Waals surface area contributed by atoms with Crippen LogP contribution in [0.4, 0.5) is 0 Å². The van der Waals surface area contributed by atoms with E-state index in [0.29, 0.717) is 12.6 Å². The fourth-order valence-electron chi connectivity index (χ4n) is 1.56. The first-order valence-corrected chi connectivity index (χ1v) is 6.38. The van der Waals surface area contributed by atoms with Crippen LogP contribution < -0.4 is 10.1 Å². The minimum Gasteiger partial charge on any atom is -0.487 e. The number of aromatic nitrogens is 2. The molecule has 1 N–H and O–H groups in total. The Bertz CT molecular complexity index is 506. The summed E-state index contributed by atoms with van der Waals surface area (Å²) in [5.41, 5.74) is 2.73. The van der Waals surface area contributed by atoms with Crippen LogP contribution in [0.3, 0.4) is 0 Å². The number of ether oxygens (including phenoxy) is 1. The van der Waals surface area contributed by atoms with Gasteiger partial charge >= 0.3 is 0 Å². The average Bonchev–Trinajstić information content (AvgIpc) is 2.81. The fourth-order valence-corrected chi connectivity index (χ4v) is 1.56. The van der Waals surface area contributed by atoms with Gasteiger partial charge in [-0.2, -0.15) is 0 Å². The van der Waals surface area contributed by atoms with Gasteiger partial charge in [-0.15, -0.1) is 0 Å². The molecule has 102 valence electrons. The van der Waals surface area contributed by atoms with Crippen LogP contribution in [0.15, 0.2) is 28.9 Å². The number of rotatable bonds is 6. The minimum absolute atomic E-state index is 0.374. The average molecular weight is 261 g/mol. The van der Waals surface area contributed by atoms with E-state index in [4.69, 9.17) is 4.74 Å². The van der Waals surface area contributed by atoms with Gasteiger partial charge in [-0.05, 0) is 24.6 Å². The van der Waals surface area contributed by atoms with Gasteiger partial charge in [-0.1, -0.05) is 36.3 Å². The zero-order chi connectivity index (χ0) is 13.7. The van der Waals surface area contributed by atoms with E-state index in [-0.39, 0.29) is 0 Å². The number of hydrogen-bond acceptors (Lipinski definition) is 5. The van der Waals surface area contributed by atoms with Crippen LogP contribution in [-0.2, 0) is 13.2 Å². The summed E-state index contributed by atoms with van der Waals surface area (Å²) in [6.45, 7) is 7.34. The number of benzene rings is 1. The van der Waals surface area contributed by atoms with E-state index in [1.54, 1.807) is 0 Å². The van der Waals surface area contributed by atoms with Gasteiger partial charge in [0.1, 0.15) is 23.7 Å². The molecule has 0 fully saturated rings. The highest BCUT2D eigenvalue weighted by molar-refractivity contribution is 5.27. The number of nitrogens with one attached hydrogen (secondary N) is 1. The van der Waals surface area contributed by atoms with Crippen LogP contribution >= 0.6 is 0 Å². The molecular weight excluding hydrogens is 242 g/mol. The SMILES string of the molecule is Cc1nonc1COc1ccc(CNC(C)C)cc1. The molecule has 0 bridgehead atoms. The van der Waals surface area contributed by atoms with Crippen molar-refractivity contribution in [1.82, 2.24) is 15.6 Å². The first-order valence-electron chi connectivity index (χ1n) is 6.38. The van der Waals surface area contributed by atoms with Crippen LogP contribution in [0.1, 0.15) is 30.8 Å². The minimum atomic E-state index is 0.374. The van der Waals surface area contributed by atoms with Crippen LogP contribution in [0.5, 0.6) is 5.75 Å². The van der Waals surface area contributed by atoms with Crippen LogP contribution in [0.25, 0.3) is 0 Å². The normalized spacial score (nSPS) is 10.9. The molecule has 0 saturated heterocycles. The van der Waals surface area contributed by atoms with Gasteiger partial charge < -0.3 is 10.1 Å². The Hall–Kier alpha value is -1.88. The summed E-state index contributed by atoms with van der Waals surface area (Å²) < 4.78 is 10.2. The van der Waals surface area contributed by atoms with Gasteiger partial charge in [0.25, 0.3) is 0 Å². The largest absolute Gasteiger partial charge is 0.487 e. The molecule has 0 aliphatic heterocycles. The monoisotopic (exact) mass is 261 g/mol. The molecule has 1 aromatic carbocycles. The molecule has 0 aliphatic carbocycles. The predicted molar refractivity (Wildman–Crippen MR) is 71.8 cm³/mol. The molecule has 2 aromatic rings. The van der Waals surface area contributed by atoms with Crippen LogP contribution in [0.2, 0.25) is 0 Å². The molecule has 0 atom stereocenters. The maximum absolute atomic E-state index is 5.63. The first kappa shape index (κ1) is 13.5. The van der Waals surface area contributed by atoms with Crippen molar-refractivity contribution in [2.24, 2.45) is 0 Å². The molecule has 2 rings (SSSR count). The third kappa shape index (κ3) is 4.06. The first-order chi connectivity index (χ1) is 9.15. The van der Waals surface area contributed by atoms with Crippen molar-refractivity contribution >= 4 is 0 Å². The quantitative estimate of drug-likeness (QED) is 0.865. The molecule has 0 radical (unpaired) electrons. The summed E-state index contributed by atoms with van der Waals surface area (Å²) in [7, 11) is 0. The Labute approximate surface area is 112 Å². The van der Waals surface area contributed by atoms with Gasteiger partial charge in [0.05, 0.1) is 0 Å². The third-order valence-corrected chi connectivity index (χ3v) is 2.76. The van der Waals surface area contributed by atoms with Crippen molar-refractivity contribution in [3.05, 3.63) is 41.2 Å². The highest BCUT2D eigenvalue weighted by atomic mass is 16.6. The Morgan fingerprint density at radius 2 is 1.95 bits per heavy atom. The lowest BCUT2D eigenvalue weighted by molar-refractivity contribution is 0.270. The van der Waals surface area contributed by atoms with E-state index in [2.05, 4.69) is 46.2 Å². The summed E-state index contributed by atoms with van der Waals surface area (Å²) in [4.78, 5) is 0. The molecule has 19 heavy (non-hydrogen) atoms. The van der Waals surface area contributed by atoms with E-state index >= 15 is 0 Å². The lowest BCUT2D eigenvalue weighted by Crippen LogP contribution is -2.21. The van der Waals surface area contributed by atoms with Gasteiger partial charge in [-0.25, -0.2) is 4.63 Å². The molecule has 0 saturated carbocycles. The van der Waals surface area contributed by atoms with E-state index in [0.717, 1.165) is 23.7 Å². The highest BCUT2D eigenvalue weighted by Crippen LogP contribution is 2.14. The fraction of sp³-hybridized carbons (Fsp3) is 0.429. The van der Waals surface area contributed by atoms with Crippen molar-refractivity contribution in [2.45, 2.75) is 40.0 Å². The number of nitrogens with zero attached hydrogens (tertiary/aromatic N) is 2. The molecule has 1 heterocycles. The maximum atomic E-state index is 5.63. The summed E-state index contributed by atoms with van der Waals surface area (Å²) >= 11 is 0. The van der Waals surface area contributed by atoms with Crippen molar-refractivity contribution in [3.8, 4) is 5.75 Å². The molecular formula is C14H19N3O2. The Kier molecular flexibility index (Phi) is 4.52. The Balaban J connectivity index is 1.86. The smallest absolute Gasteiger partial charge is 0.145 e. The van der Waals surface area contributed by atoms with Crippen LogP contribution in [-0.4, -0.2) is 16.4 Å². The summed E-state index contributed by atoms with van der Waals surface area (Å²) in [5, 5.41) is 10.9. The van der Waals surface area contributed by atoms with E-state index in [9.17, 15) is 0 Å². The van der Waals surface area contributed by atoms with Crippen LogP contribution in [0, 0.1) is 6.92 Å². The summed E-state index contributed by atoms with van der Waals surface area (Å²) in [6.07, 6.45) is 0. The van der Waals surface area contributed by atoms with Gasteiger partial charge in [0.15, 0.2) is 0 Å². The number of hydrogen-bond donors (Lipinski definition) is 1.